The summed E-state index contributed by atoms with van der Waals surface area (Å²) in [6, 6.07) is 0.149. The zero-order valence-corrected chi connectivity index (χ0v) is 11.0. The number of nitrogens with two attached hydrogens (primary N) is 1. The monoisotopic (exact) mass is 239 g/mol. The number of likely N-dealkylation sites (tertiary alicyclic amines) is 1. The molecule has 0 unspecified atom stereocenters. The van der Waals surface area contributed by atoms with Crippen LogP contribution in [0, 0.1) is 11.8 Å². The van der Waals surface area contributed by atoms with Crippen molar-refractivity contribution in [3.8, 4) is 0 Å². The number of carbonyl (C=O) groups is 1. The predicted octanol–water partition coefficient (Wildman–Crippen LogP) is 0.570. The minimum Gasteiger partial charge on any atom is -0.340 e. The van der Waals surface area contributed by atoms with Crippen molar-refractivity contribution >= 4 is 5.91 Å². The summed E-state index contributed by atoms with van der Waals surface area (Å²) in [4.78, 5) is 14.0. The second kappa shape index (κ2) is 5.36. The first kappa shape index (κ1) is 12.8. The second-order valence-corrected chi connectivity index (χ2v) is 5.89. The Labute approximate surface area is 104 Å². The molecule has 1 aliphatic carbocycles. The molecule has 2 rings (SSSR count). The molecular formula is C13H25N3O. The molecule has 2 atom stereocenters. The molecule has 0 aromatic rings. The van der Waals surface area contributed by atoms with Crippen LogP contribution in [-0.2, 0) is 4.79 Å². The molecule has 1 amide bonds. The molecule has 0 aromatic heterocycles. The molecule has 2 fully saturated rings. The molecule has 0 bridgehead atoms. The van der Waals surface area contributed by atoms with Crippen LogP contribution in [0.25, 0.3) is 0 Å². The third-order valence-electron chi connectivity index (χ3n) is 3.90. The van der Waals surface area contributed by atoms with Crippen LogP contribution in [0.15, 0.2) is 0 Å². The molecule has 3 N–H and O–H groups in total. The molecule has 0 radical (unpaired) electrons. The Morgan fingerprint density at radius 3 is 2.71 bits per heavy atom. The summed E-state index contributed by atoms with van der Waals surface area (Å²) in [5, 5.41) is 3.56. The minimum atomic E-state index is -0.336. The fraction of sp³-hybridized carbons (Fsp3) is 0.923. The van der Waals surface area contributed by atoms with Crippen molar-refractivity contribution in [2.45, 2.75) is 45.2 Å². The normalized spacial score (nSPS) is 26.6. The van der Waals surface area contributed by atoms with Crippen LogP contribution in [0.2, 0.25) is 0 Å². The predicted molar refractivity (Wildman–Crippen MR) is 68.5 cm³/mol. The molecule has 1 heterocycles. The van der Waals surface area contributed by atoms with Crippen molar-refractivity contribution in [2.75, 3.05) is 19.6 Å². The number of rotatable bonds is 5. The highest BCUT2D eigenvalue weighted by Crippen LogP contribution is 2.28. The number of carbonyl (C=O) groups excluding carboxylic acids is 1. The van der Waals surface area contributed by atoms with Gasteiger partial charge in [0.1, 0.15) is 0 Å². The van der Waals surface area contributed by atoms with Gasteiger partial charge < -0.3 is 16.0 Å². The molecular weight excluding hydrogens is 214 g/mol. The maximum Gasteiger partial charge on any atom is 0.239 e. The highest BCUT2D eigenvalue weighted by Gasteiger charge is 2.31. The van der Waals surface area contributed by atoms with Gasteiger partial charge in [-0.05, 0) is 37.6 Å². The van der Waals surface area contributed by atoms with Crippen molar-refractivity contribution in [1.82, 2.24) is 10.2 Å². The average molecular weight is 239 g/mol. The number of hydrogen-bond acceptors (Lipinski definition) is 3. The van der Waals surface area contributed by atoms with Crippen molar-refractivity contribution in [1.29, 1.82) is 0 Å². The van der Waals surface area contributed by atoms with Crippen LogP contribution in [0.5, 0.6) is 0 Å². The Bertz CT molecular complexity index is 276. The topological polar surface area (TPSA) is 58.4 Å². The van der Waals surface area contributed by atoms with Gasteiger partial charge in [0, 0.05) is 19.1 Å². The Kier molecular flexibility index (Phi) is 4.05. The Balaban J connectivity index is 1.74. The van der Waals surface area contributed by atoms with Crippen LogP contribution in [-0.4, -0.2) is 42.5 Å². The number of nitrogens with zero attached hydrogens (tertiary/aromatic N) is 1. The van der Waals surface area contributed by atoms with Gasteiger partial charge in [-0.15, -0.1) is 0 Å². The Morgan fingerprint density at radius 1 is 1.41 bits per heavy atom. The fourth-order valence-electron chi connectivity index (χ4n) is 2.28. The van der Waals surface area contributed by atoms with Gasteiger partial charge in [0.05, 0.1) is 6.04 Å². The lowest BCUT2D eigenvalue weighted by Gasteiger charge is -2.23. The number of hydrogen-bond donors (Lipinski definition) is 2. The summed E-state index contributed by atoms with van der Waals surface area (Å²) in [6.07, 6.45) is 3.82. The van der Waals surface area contributed by atoms with Crippen LogP contribution in [0.3, 0.4) is 0 Å². The smallest absolute Gasteiger partial charge is 0.239 e. The van der Waals surface area contributed by atoms with E-state index >= 15 is 0 Å². The summed E-state index contributed by atoms with van der Waals surface area (Å²) in [5.74, 6) is 1.24. The van der Waals surface area contributed by atoms with E-state index < -0.39 is 0 Å². The van der Waals surface area contributed by atoms with E-state index in [0.29, 0.717) is 6.04 Å². The summed E-state index contributed by atoms with van der Waals surface area (Å²) in [6.45, 7) is 6.83. The minimum absolute atomic E-state index is 0.121. The lowest BCUT2D eigenvalue weighted by atomic mass is 10.0. The van der Waals surface area contributed by atoms with E-state index in [0.717, 1.165) is 32.0 Å². The summed E-state index contributed by atoms with van der Waals surface area (Å²) < 4.78 is 0. The van der Waals surface area contributed by atoms with Crippen molar-refractivity contribution in [3.05, 3.63) is 0 Å². The van der Waals surface area contributed by atoms with E-state index in [1.54, 1.807) is 0 Å². The van der Waals surface area contributed by atoms with Crippen LogP contribution in [0.1, 0.15) is 33.1 Å². The molecule has 98 valence electrons. The SMILES string of the molecule is CC(C)[C@H](N)C(=O)N1CC[C@H](NCC2CC2)C1. The first-order valence-corrected chi connectivity index (χ1v) is 6.85. The van der Waals surface area contributed by atoms with E-state index in [4.69, 9.17) is 5.73 Å². The number of nitrogens with one attached hydrogen (secondary N) is 1. The molecule has 0 spiro atoms. The molecule has 2 aliphatic rings. The Morgan fingerprint density at radius 2 is 2.12 bits per heavy atom. The van der Waals surface area contributed by atoms with E-state index in [2.05, 4.69) is 5.32 Å². The van der Waals surface area contributed by atoms with Crippen molar-refractivity contribution in [3.63, 3.8) is 0 Å². The fourth-order valence-corrected chi connectivity index (χ4v) is 2.28. The van der Waals surface area contributed by atoms with Crippen LogP contribution in [0.4, 0.5) is 0 Å². The van der Waals surface area contributed by atoms with Gasteiger partial charge in [0.25, 0.3) is 0 Å². The van der Waals surface area contributed by atoms with Gasteiger partial charge in [-0.2, -0.15) is 0 Å². The molecule has 4 heteroatoms. The van der Waals surface area contributed by atoms with E-state index in [9.17, 15) is 4.79 Å². The van der Waals surface area contributed by atoms with E-state index in [1.807, 2.05) is 18.7 Å². The second-order valence-electron chi connectivity index (χ2n) is 5.89. The average Bonchev–Trinajstić information content (AvgIpc) is 3.02. The van der Waals surface area contributed by atoms with Gasteiger partial charge in [-0.1, -0.05) is 13.8 Å². The highest BCUT2D eigenvalue weighted by molar-refractivity contribution is 5.82. The summed E-state index contributed by atoms with van der Waals surface area (Å²) in [7, 11) is 0. The molecule has 1 saturated carbocycles. The molecule has 17 heavy (non-hydrogen) atoms. The van der Waals surface area contributed by atoms with E-state index in [1.165, 1.54) is 12.8 Å². The van der Waals surface area contributed by atoms with Gasteiger partial charge >= 0.3 is 0 Å². The van der Waals surface area contributed by atoms with E-state index in [-0.39, 0.29) is 17.9 Å². The third-order valence-corrected chi connectivity index (χ3v) is 3.90. The van der Waals surface area contributed by atoms with Crippen LogP contribution < -0.4 is 11.1 Å². The van der Waals surface area contributed by atoms with Crippen molar-refractivity contribution in [2.24, 2.45) is 17.6 Å². The summed E-state index contributed by atoms with van der Waals surface area (Å²) >= 11 is 0. The lowest BCUT2D eigenvalue weighted by molar-refractivity contribution is -0.132. The van der Waals surface area contributed by atoms with Crippen molar-refractivity contribution < 1.29 is 4.79 Å². The van der Waals surface area contributed by atoms with Gasteiger partial charge in [-0.3, -0.25) is 4.79 Å². The largest absolute Gasteiger partial charge is 0.340 e. The highest BCUT2D eigenvalue weighted by atomic mass is 16.2. The molecule has 0 aromatic carbocycles. The third kappa shape index (κ3) is 3.42. The molecule has 1 aliphatic heterocycles. The van der Waals surface area contributed by atoms with Gasteiger partial charge in [0.2, 0.25) is 5.91 Å². The first-order chi connectivity index (χ1) is 8.08. The molecule has 1 saturated heterocycles. The quantitative estimate of drug-likeness (QED) is 0.737. The zero-order chi connectivity index (χ0) is 12.4. The summed E-state index contributed by atoms with van der Waals surface area (Å²) in [5.41, 5.74) is 5.91. The Hall–Kier alpha value is -0.610. The lowest BCUT2D eigenvalue weighted by Crippen LogP contribution is -2.46. The maximum atomic E-state index is 12.1. The van der Waals surface area contributed by atoms with Crippen LogP contribution >= 0.6 is 0 Å². The standard InChI is InChI=1S/C13H25N3O/c1-9(2)12(14)13(17)16-6-5-11(8-16)15-7-10-3-4-10/h9-12,15H,3-8,14H2,1-2H3/t11-,12-/m0/s1. The zero-order valence-electron chi connectivity index (χ0n) is 11.0. The first-order valence-electron chi connectivity index (χ1n) is 6.85. The maximum absolute atomic E-state index is 12.1. The number of amides is 1. The van der Waals surface area contributed by atoms with Gasteiger partial charge in [-0.25, -0.2) is 0 Å². The van der Waals surface area contributed by atoms with Gasteiger partial charge in [0.15, 0.2) is 0 Å². The molecule has 4 nitrogen and oxygen atoms in total.